The fraction of sp³-hybridized carbons (Fsp3) is 0.424. The largest absolute Gasteiger partial charge is 0.481 e. The first-order valence-corrected chi connectivity index (χ1v) is 13.8. The molecule has 0 aliphatic carbocycles. The lowest BCUT2D eigenvalue weighted by molar-refractivity contribution is -0.139. The van der Waals surface area contributed by atoms with E-state index in [2.05, 4.69) is 43.3 Å². The number of unbranched alkanes of at least 4 members (excludes halogenated alkanes) is 10. The van der Waals surface area contributed by atoms with Crippen molar-refractivity contribution >= 4 is 5.97 Å². The zero-order valence-corrected chi connectivity index (χ0v) is 21.9. The lowest BCUT2D eigenvalue weighted by atomic mass is 9.92. The van der Waals surface area contributed by atoms with E-state index in [4.69, 9.17) is 4.74 Å². The topological polar surface area (TPSA) is 46.5 Å². The monoisotopic (exact) mass is 486 g/mol. The van der Waals surface area contributed by atoms with Crippen LogP contribution in [0.1, 0.15) is 83.1 Å². The van der Waals surface area contributed by atoms with Crippen LogP contribution in [0.4, 0.5) is 0 Å². The summed E-state index contributed by atoms with van der Waals surface area (Å²) in [5.41, 5.74) is 5.26. The molecule has 3 nitrogen and oxygen atoms in total. The van der Waals surface area contributed by atoms with Gasteiger partial charge in [-0.1, -0.05) is 132 Å². The van der Waals surface area contributed by atoms with E-state index in [1.807, 2.05) is 36.4 Å². The van der Waals surface area contributed by atoms with Gasteiger partial charge in [0.25, 0.3) is 0 Å². The van der Waals surface area contributed by atoms with E-state index in [1.165, 1.54) is 69.8 Å². The summed E-state index contributed by atoms with van der Waals surface area (Å²) in [6.07, 6.45) is 15.7. The minimum atomic E-state index is -0.974. The highest BCUT2D eigenvalue weighted by Crippen LogP contribution is 2.40. The van der Waals surface area contributed by atoms with Crippen LogP contribution in [0.5, 0.6) is 5.75 Å². The van der Waals surface area contributed by atoms with Crippen molar-refractivity contribution in [3.05, 3.63) is 78.4 Å². The molecule has 192 valence electrons. The smallest absolute Gasteiger partial charge is 0.341 e. The van der Waals surface area contributed by atoms with Crippen molar-refractivity contribution in [1.29, 1.82) is 0 Å². The van der Waals surface area contributed by atoms with Gasteiger partial charge in [-0.05, 0) is 41.7 Å². The third-order valence-electron chi connectivity index (χ3n) is 6.73. The summed E-state index contributed by atoms with van der Waals surface area (Å²) in [4.78, 5) is 11.3. The normalized spacial score (nSPS) is 10.9. The highest BCUT2D eigenvalue weighted by Gasteiger charge is 2.17. The lowest BCUT2D eigenvalue weighted by Gasteiger charge is -2.18. The van der Waals surface area contributed by atoms with Gasteiger partial charge in [0.2, 0.25) is 0 Å². The standard InChI is InChI=1S/C33H42O3/c1-2-3-4-5-6-7-8-9-10-11-14-19-27-24-30(28-20-15-12-16-21-28)33(36-26-32(34)35)31(25-27)29-22-17-13-18-23-29/h12-13,15-18,20-25H,2-11,14,19,26H2,1H3,(H,34,35). The summed E-state index contributed by atoms with van der Waals surface area (Å²) in [5, 5.41) is 9.30. The Labute approximate surface area is 217 Å². The molecule has 0 aliphatic rings. The van der Waals surface area contributed by atoms with Gasteiger partial charge in [0, 0.05) is 11.1 Å². The van der Waals surface area contributed by atoms with Crippen LogP contribution < -0.4 is 4.74 Å². The molecule has 0 bridgehead atoms. The average molecular weight is 487 g/mol. The van der Waals surface area contributed by atoms with E-state index in [0.29, 0.717) is 5.75 Å². The van der Waals surface area contributed by atoms with Gasteiger partial charge in [-0.3, -0.25) is 0 Å². The molecule has 0 aromatic heterocycles. The van der Waals surface area contributed by atoms with Crippen molar-refractivity contribution in [2.75, 3.05) is 6.61 Å². The van der Waals surface area contributed by atoms with E-state index in [0.717, 1.165) is 35.1 Å². The van der Waals surface area contributed by atoms with Gasteiger partial charge in [0.05, 0.1) is 0 Å². The summed E-state index contributed by atoms with van der Waals surface area (Å²) in [6.45, 7) is 1.91. The number of carbonyl (C=O) groups is 1. The van der Waals surface area contributed by atoms with Gasteiger partial charge in [-0.15, -0.1) is 0 Å². The summed E-state index contributed by atoms with van der Waals surface area (Å²) < 4.78 is 5.91. The van der Waals surface area contributed by atoms with Gasteiger partial charge in [-0.25, -0.2) is 4.79 Å². The number of hydrogen-bond acceptors (Lipinski definition) is 2. The second-order valence-corrected chi connectivity index (χ2v) is 9.72. The Kier molecular flexibility index (Phi) is 12.1. The van der Waals surface area contributed by atoms with Crippen LogP contribution >= 0.6 is 0 Å². The molecule has 0 spiro atoms. The molecule has 36 heavy (non-hydrogen) atoms. The molecule has 3 aromatic rings. The molecule has 0 unspecified atom stereocenters. The second kappa shape index (κ2) is 15.8. The van der Waals surface area contributed by atoms with Crippen LogP contribution in [-0.2, 0) is 11.2 Å². The Morgan fingerprint density at radius 3 is 1.56 bits per heavy atom. The van der Waals surface area contributed by atoms with Crippen LogP contribution in [-0.4, -0.2) is 17.7 Å². The van der Waals surface area contributed by atoms with Crippen LogP contribution in [0.15, 0.2) is 72.8 Å². The van der Waals surface area contributed by atoms with Crippen LogP contribution in [0, 0.1) is 0 Å². The van der Waals surface area contributed by atoms with Crippen LogP contribution in [0.25, 0.3) is 22.3 Å². The predicted molar refractivity (Wildman–Crippen MR) is 151 cm³/mol. The molecule has 0 aliphatic heterocycles. The van der Waals surface area contributed by atoms with Crippen LogP contribution in [0.2, 0.25) is 0 Å². The van der Waals surface area contributed by atoms with Gasteiger partial charge in [0.15, 0.2) is 6.61 Å². The lowest BCUT2D eigenvalue weighted by Crippen LogP contribution is -2.11. The molecule has 0 amide bonds. The van der Waals surface area contributed by atoms with Crippen molar-refractivity contribution in [2.24, 2.45) is 0 Å². The van der Waals surface area contributed by atoms with E-state index in [9.17, 15) is 9.90 Å². The number of carboxylic acid groups (broad SMARTS) is 1. The summed E-state index contributed by atoms with van der Waals surface area (Å²) in [6, 6.07) is 24.6. The van der Waals surface area contributed by atoms with E-state index < -0.39 is 5.97 Å². The van der Waals surface area contributed by atoms with Gasteiger partial charge in [-0.2, -0.15) is 0 Å². The molecule has 0 radical (unpaired) electrons. The molecule has 3 aromatic carbocycles. The predicted octanol–water partition coefficient (Wildman–Crippen LogP) is 9.34. The minimum Gasteiger partial charge on any atom is -0.481 e. The Hall–Kier alpha value is -3.07. The number of rotatable bonds is 17. The Morgan fingerprint density at radius 2 is 1.11 bits per heavy atom. The van der Waals surface area contributed by atoms with Crippen molar-refractivity contribution in [2.45, 2.75) is 84.0 Å². The zero-order valence-electron chi connectivity index (χ0n) is 21.9. The highest BCUT2D eigenvalue weighted by molar-refractivity contribution is 5.84. The molecule has 0 heterocycles. The number of hydrogen-bond donors (Lipinski definition) is 1. The molecule has 0 atom stereocenters. The SMILES string of the molecule is CCCCCCCCCCCCCc1cc(-c2ccccc2)c(OCC(=O)O)c(-c2ccccc2)c1. The maximum Gasteiger partial charge on any atom is 0.341 e. The summed E-state index contributed by atoms with van der Waals surface area (Å²) in [7, 11) is 0. The molecular formula is C33H42O3. The molecule has 3 rings (SSSR count). The maximum absolute atomic E-state index is 11.3. The first-order chi connectivity index (χ1) is 17.7. The third kappa shape index (κ3) is 9.18. The zero-order chi connectivity index (χ0) is 25.4. The van der Waals surface area contributed by atoms with Crippen LogP contribution in [0.3, 0.4) is 0 Å². The van der Waals surface area contributed by atoms with Crippen molar-refractivity contribution in [1.82, 2.24) is 0 Å². The summed E-state index contributed by atoms with van der Waals surface area (Å²) in [5.74, 6) is -0.337. The number of aliphatic carboxylic acids is 1. The quantitative estimate of drug-likeness (QED) is 0.193. The second-order valence-electron chi connectivity index (χ2n) is 9.72. The van der Waals surface area contributed by atoms with Gasteiger partial charge >= 0.3 is 5.97 Å². The number of carboxylic acids is 1. The maximum atomic E-state index is 11.3. The molecule has 0 fully saturated rings. The van der Waals surface area contributed by atoms with Gasteiger partial charge < -0.3 is 9.84 Å². The molecule has 0 saturated carbocycles. The average Bonchev–Trinajstić information content (AvgIpc) is 2.91. The minimum absolute atomic E-state index is 0.363. The van der Waals surface area contributed by atoms with E-state index in [1.54, 1.807) is 0 Å². The Morgan fingerprint density at radius 1 is 0.667 bits per heavy atom. The van der Waals surface area contributed by atoms with E-state index >= 15 is 0 Å². The number of aryl methyl sites for hydroxylation is 1. The molecular weight excluding hydrogens is 444 g/mol. The first-order valence-electron chi connectivity index (χ1n) is 13.8. The Balaban J connectivity index is 1.69. The fourth-order valence-electron chi connectivity index (χ4n) is 4.78. The molecule has 0 saturated heterocycles. The number of ether oxygens (including phenoxy) is 1. The Bertz CT molecular complexity index is 967. The van der Waals surface area contributed by atoms with Crippen molar-refractivity contribution in [3.63, 3.8) is 0 Å². The fourth-order valence-corrected chi connectivity index (χ4v) is 4.78. The van der Waals surface area contributed by atoms with E-state index in [-0.39, 0.29) is 6.61 Å². The first kappa shape index (κ1) is 27.5. The molecule has 3 heteroatoms. The van der Waals surface area contributed by atoms with Crippen molar-refractivity contribution < 1.29 is 14.6 Å². The highest BCUT2D eigenvalue weighted by atomic mass is 16.5. The summed E-state index contributed by atoms with van der Waals surface area (Å²) >= 11 is 0. The van der Waals surface area contributed by atoms with Crippen molar-refractivity contribution in [3.8, 4) is 28.0 Å². The number of benzene rings is 3. The molecule has 1 N–H and O–H groups in total. The van der Waals surface area contributed by atoms with Gasteiger partial charge in [0.1, 0.15) is 5.75 Å². The third-order valence-corrected chi connectivity index (χ3v) is 6.73.